The van der Waals surface area contributed by atoms with Crippen LogP contribution in [-0.2, 0) is 40.1 Å². The minimum Gasteiger partial charge on any atom is -0.387 e. The standard InChI is InChI=1S/C44H58F2N8O8/c1-6-28-17-37(57)48-21-38(58)49-22-39(59)51-34(19-36(47)56)43(62)52-33(42(61)50-20-26(28)2)14-15-54(40(60)25-55)41(44(3,4)5)35-16-29(31-18-30(45)12-13-32(31)46)24-53(35)23-27-10-8-7-9-11-27/h7-13,16,18,24,26,28,33-34,41,55H,6,14-15,17,19-23,25H2,1-5H3,(H2,47,56)(H,48,57)(H,49,58)(H,50,61)(H,51,59)(H,52,62). The van der Waals surface area contributed by atoms with Gasteiger partial charge in [-0.25, -0.2) is 8.78 Å². The van der Waals surface area contributed by atoms with Crippen LogP contribution in [0.1, 0.15) is 77.6 Å². The van der Waals surface area contributed by atoms with Crippen LogP contribution in [-0.4, -0.2) is 101 Å². The van der Waals surface area contributed by atoms with Gasteiger partial charge in [-0.1, -0.05) is 71.4 Å². The molecule has 2 heterocycles. The zero-order valence-corrected chi connectivity index (χ0v) is 35.8. The van der Waals surface area contributed by atoms with Crippen LogP contribution in [0.5, 0.6) is 0 Å². The Morgan fingerprint density at radius 1 is 0.903 bits per heavy atom. The van der Waals surface area contributed by atoms with Gasteiger partial charge in [0.2, 0.25) is 41.4 Å². The third-order valence-corrected chi connectivity index (χ3v) is 10.8. The first-order chi connectivity index (χ1) is 29.3. The summed E-state index contributed by atoms with van der Waals surface area (Å²) in [6.07, 6.45) is 1.34. The van der Waals surface area contributed by atoms with Crippen molar-refractivity contribution in [3.8, 4) is 11.1 Å². The van der Waals surface area contributed by atoms with Gasteiger partial charge in [-0.15, -0.1) is 0 Å². The fourth-order valence-electron chi connectivity index (χ4n) is 7.60. The highest BCUT2D eigenvalue weighted by Gasteiger charge is 2.38. The van der Waals surface area contributed by atoms with Gasteiger partial charge in [-0.05, 0) is 53.5 Å². The van der Waals surface area contributed by atoms with E-state index in [0.29, 0.717) is 17.7 Å². The summed E-state index contributed by atoms with van der Waals surface area (Å²) < 4.78 is 31.6. The predicted molar refractivity (Wildman–Crippen MR) is 225 cm³/mol. The number of nitrogens with one attached hydrogen (secondary N) is 5. The summed E-state index contributed by atoms with van der Waals surface area (Å²) in [5.41, 5.74) is 6.30. The van der Waals surface area contributed by atoms with Gasteiger partial charge in [0.25, 0.3) is 0 Å². The van der Waals surface area contributed by atoms with E-state index in [4.69, 9.17) is 5.73 Å². The number of carbonyl (C=O) groups excluding carboxylic acids is 7. The summed E-state index contributed by atoms with van der Waals surface area (Å²) in [7, 11) is 0. The van der Waals surface area contributed by atoms with Gasteiger partial charge in [0.1, 0.15) is 30.3 Å². The highest BCUT2D eigenvalue weighted by Crippen LogP contribution is 2.41. The Morgan fingerprint density at radius 3 is 2.23 bits per heavy atom. The molecule has 0 bridgehead atoms. The van der Waals surface area contributed by atoms with E-state index in [0.717, 1.165) is 23.8 Å². The number of hydrogen-bond donors (Lipinski definition) is 7. The molecule has 0 radical (unpaired) electrons. The summed E-state index contributed by atoms with van der Waals surface area (Å²) in [6, 6.07) is 10.2. The van der Waals surface area contributed by atoms with Crippen molar-refractivity contribution in [2.75, 3.05) is 32.8 Å². The van der Waals surface area contributed by atoms with Crippen LogP contribution in [0.2, 0.25) is 0 Å². The lowest BCUT2D eigenvalue weighted by molar-refractivity contribution is -0.140. The van der Waals surface area contributed by atoms with Crippen molar-refractivity contribution < 1.29 is 47.4 Å². The number of amides is 7. The monoisotopic (exact) mass is 864 g/mol. The molecule has 0 aliphatic carbocycles. The first-order valence-electron chi connectivity index (χ1n) is 20.6. The maximum absolute atomic E-state index is 15.3. The van der Waals surface area contributed by atoms with Gasteiger partial charge in [-0.2, -0.15) is 0 Å². The third-order valence-electron chi connectivity index (χ3n) is 10.8. The molecule has 5 atom stereocenters. The molecule has 8 N–H and O–H groups in total. The minimum atomic E-state index is -1.57. The van der Waals surface area contributed by atoms with E-state index in [1.54, 1.807) is 12.3 Å². The molecule has 1 fully saturated rings. The van der Waals surface area contributed by atoms with Crippen molar-refractivity contribution >= 4 is 41.4 Å². The minimum absolute atomic E-state index is 0.0116. The van der Waals surface area contributed by atoms with Crippen LogP contribution in [0.25, 0.3) is 11.1 Å². The molecule has 0 spiro atoms. The Kier molecular flexibility index (Phi) is 17.3. The molecule has 1 saturated heterocycles. The number of aromatic nitrogens is 1. The number of carbonyl (C=O) groups is 7. The number of nitrogens with two attached hydrogens (primary N) is 1. The average molecular weight is 865 g/mol. The van der Waals surface area contributed by atoms with Crippen LogP contribution in [0.3, 0.4) is 0 Å². The van der Waals surface area contributed by atoms with E-state index in [9.17, 15) is 43.1 Å². The molecule has 2 aromatic carbocycles. The topological polar surface area (TPSA) is 234 Å². The van der Waals surface area contributed by atoms with Gasteiger partial charge >= 0.3 is 0 Å². The van der Waals surface area contributed by atoms with E-state index in [2.05, 4.69) is 26.6 Å². The van der Waals surface area contributed by atoms with Crippen LogP contribution >= 0.6 is 0 Å². The third kappa shape index (κ3) is 13.7. The molecule has 18 heteroatoms. The average Bonchev–Trinajstić information content (AvgIpc) is 3.62. The molecule has 336 valence electrons. The highest BCUT2D eigenvalue weighted by molar-refractivity contribution is 5.96. The normalized spacial score (nSPS) is 20.4. The summed E-state index contributed by atoms with van der Waals surface area (Å²) in [6.45, 7) is 7.41. The molecule has 3 aromatic rings. The zero-order chi connectivity index (χ0) is 45.7. The van der Waals surface area contributed by atoms with Gasteiger partial charge in [-0.3, -0.25) is 33.6 Å². The maximum Gasteiger partial charge on any atom is 0.248 e. The summed E-state index contributed by atoms with van der Waals surface area (Å²) in [5.74, 6) is -7.07. The van der Waals surface area contributed by atoms with Gasteiger partial charge in [0.15, 0.2) is 0 Å². The highest BCUT2D eigenvalue weighted by atomic mass is 19.1. The van der Waals surface area contributed by atoms with E-state index in [1.165, 1.54) is 4.90 Å². The molecule has 0 saturated carbocycles. The largest absolute Gasteiger partial charge is 0.387 e. The van der Waals surface area contributed by atoms with Crippen LogP contribution in [0.4, 0.5) is 8.78 Å². The zero-order valence-electron chi connectivity index (χ0n) is 35.8. The second kappa shape index (κ2) is 22.1. The van der Waals surface area contributed by atoms with Crippen LogP contribution in [0, 0.1) is 28.9 Å². The number of aliphatic hydroxyl groups excluding tert-OH is 1. The Balaban J connectivity index is 1.77. The molecular weight excluding hydrogens is 807 g/mol. The Bertz CT molecular complexity index is 2090. The predicted octanol–water partition coefficient (Wildman–Crippen LogP) is 2.04. The lowest BCUT2D eigenvalue weighted by atomic mass is 9.82. The number of aliphatic hydroxyl groups is 1. The van der Waals surface area contributed by atoms with Crippen molar-refractivity contribution in [1.29, 1.82) is 0 Å². The number of rotatable bonds is 12. The van der Waals surface area contributed by atoms with Crippen molar-refractivity contribution in [3.05, 3.63) is 83.7 Å². The van der Waals surface area contributed by atoms with Crippen molar-refractivity contribution in [2.24, 2.45) is 23.0 Å². The fraction of sp³-hybridized carbons (Fsp3) is 0.477. The molecule has 1 aliphatic heterocycles. The van der Waals surface area contributed by atoms with Crippen molar-refractivity contribution in [1.82, 2.24) is 36.1 Å². The molecule has 5 unspecified atom stereocenters. The van der Waals surface area contributed by atoms with Gasteiger partial charge in [0, 0.05) is 49.1 Å². The van der Waals surface area contributed by atoms with E-state index >= 15 is 4.39 Å². The summed E-state index contributed by atoms with van der Waals surface area (Å²) in [5, 5.41) is 23.0. The smallest absolute Gasteiger partial charge is 0.248 e. The summed E-state index contributed by atoms with van der Waals surface area (Å²) in [4.78, 5) is 93.3. The number of halogens is 2. The molecular formula is C44H58F2N8O8. The Labute approximate surface area is 359 Å². The number of primary amides is 1. The second-order valence-corrected chi connectivity index (χ2v) is 16.7. The number of nitrogens with zero attached hydrogens (tertiary/aromatic N) is 2. The van der Waals surface area contributed by atoms with E-state index in [-0.39, 0.29) is 49.9 Å². The molecule has 4 rings (SSSR count). The first kappa shape index (κ1) is 48.5. The SMILES string of the molecule is CCC1CC(=O)NCC(=O)NCC(=O)NC(CC(N)=O)C(=O)NC(CCN(C(=O)CO)C(c2cc(-c3cc(F)ccc3F)cn2Cc2ccccc2)C(C)(C)C)C(=O)NCC1C. The second-order valence-electron chi connectivity index (χ2n) is 16.7. The number of benzene rings is 2. The van der Waals surface area contributed by atoms with Crippen LogP contribution < -0.4 is 32.3 Å². The maximum atomic E-state index is 15.3. The molecule has 62 heavy (non-hydrogen) atoms. The molecule has 7 amide bonds. The molecule has 1 aromatic heterocycles. The van der Waals surface area contributed by atoms with Gasteiger partial charge < -0.3 is 46.9 Å². The van der Waals surface area contributed by atoms with Crippen molar-refractivity contribution in [3.63, 3.8) is 0 Å². The van der Waals surface area contributed by atoms with Crippen LogP contribution in [0.15, 0.2) is 60.8 Å². The first-order valence-corrected chi connectivity index (χ1v) is 20.6. The Morgan fingerprint density at radius 2 is 1.58 bits per heavy atom. The van der Waals surface area contributed by atoms with Crippen molar-refractivity contribution in [2.45, 2.75) is 85.0 Å². The molecule has 16 nitrogen and oxygen atoms in total. The lowest BCUT2D eigenvalue weighted by Crippen LogP contribution is -2.57. The fourth-order valence-corrected chi connectivity index (χ4v) is 7.60. The van der Waals surface area contributed by atoms with Gasteiger partial charge in [0.05, 0.1) is 25.6 Å². The quantitative estimate of drug-likeness (QED) is 0.142. The summed E-state index contributed by atoms with van der Waals surface area (Å²) >= 11 is 0. The van der Waals surface area contributed by atoms with E-state index < -0.39 is 103 Å². The van der Waals surface area contributed by atoms with E-state index in [1.807, 2.05) is 69.5 Å². The molecule has 1 aliphatic rings. The number of hydrogen-bond acceptors (Lipinski definition) is 8. The Hall–Kier alpha value is -6.17. The lowest BCUT2D eigenvalue weighted by Gasteiger charge is -2.41.